The molecule has 0 radical (unpaired) electrons. The molecule has 1 saturated carbocycles. The summed E-state index contributed by atoms with van der Waals surface area (Å²) < 4.78 is 79.5. The minimum Gasteiger partial charge on any atom is -0.210 e. The van der Waals surface area contributed by atoms with E-state index in [1.807, 2.05) is 0 Å². The molecule has 6 nitrogen and oxygen atoms in total. The second-order valence-electron chi connectivity index (χ2n) is 6.15. The molecule has 1 N–H and O–H groups in total. The van der Waals surface area contributed by atoms with Crippen molar-refractivity contribution in [2.45, 2.75) is 28.7 Å². The molecule has 0 heterocycles. The maximum Gasteiger partial charge on any atom is 0.243 e. The van der Waals surface area contributed by atoms with Crippen LogP contribution >= 0.6 is 0 Å². The zero-order valence-corrected chi connectivity index (χ0v) is 15.8. The lowest BCUT2D eigenvalue weighted by Crippen LogP contribution is -2.39. The summed E-state index contributed by atoms with van der Waals surface area (Å²) in [6.07, 6.45) is 1.37. The monoisotopic (exact) mass is 416 g/mol. The highest BCUT2D eigenvalue weighted by atomic mass is 32.2. The molecule has 146 valence electrons. The van der Waals surface area contributed by atoms with Crippen LogP contribution in [0, 0.1) is 11.6 Å². The smallest absolute Gasteiger partial charge is 0.210 e. The lowest BCUT2D eigenvalue weighted by Gasteiger charge is -2.22. The molecule has 0 aromatic heterocycles. The molecule has 0 atom stereocenters. The van der Waals surface area contributed by atoms with Gasteiger partial charge in [0.15, 0.2) is 0 Å². The summed E-state index contributed by atoms with van der Waals surface area (Å²) >= 11 is 0. The van der Waals surface area contributed by atoms with Gasteiger partial charge in [0.25, 0.3) is 0 Å². The first-order valence-corrected chi connectivity index (χ1v) is 11.2. The highest BCUT2D eigenvalue weighted by Crippen LogP contribution is 2.31. The number of nitrogens with zero attached hydrogens (tertiary/aromatic N) is 1. The second-order valence-corrected chi connectivity index (χ2v) is 9.81. The van der Waals surface area contributed by atoms with Crippen molar-refractivity contribution in [1.29, 1.82) is 0 Å². The Bertz CT molecular complexity index is 1000. The van der Waals surface area contributed by atoms with Gasteiger partial charge in [0.2, 0.25) is 20.0 Å². The number of halogens is 2. The molecule has 3 rings (SSSR count). The third kappa shape index (κ3) is 4.70. The minimum atomic E-state index is -3.88. The maximum absolute atomic E-state index is 13.1. The van der Waals surface area contributed by atoms with E-state index in [2.05, 4.69) is 4.72 Å². The van der Waals surface area contributed by atoms with Crippen molar-refractivity contribution in [3.8, 4) is 0 Å². The van der Waals surface area contributed by atoms with Crippen molar-refractivity contribution in [3.05, 3.63) is 60.2 Å². The van der Waals surface area contributed by atoms with E-state index in [0.29, 0.717) is 12.8 Å². The number of nitrogens with one attached hydrogen (secondary N) is 1. The molecule has 1 fully saturated rings. The van der Waals surface area contributed by atoms with Crippen molar-refractivity contribution < 1.29 is 25.6 Å². The van der Waals surface area contributed by atoms with Crippen LogP contribution in [0.2, 0.25) is 0 Å². The van der Waals surface area contributed by atoms with Crippen LogP contribution in [0.15, 0.2) is 58.3 Å². The van der Waals surface area contributed by atoms with Gasteiger partial charge >= 0.3 is 0 Å². The fourth-order valence-corrected chi connectivity index (χ4v) is 5.30. The Labute approximate surface area is 156 Å². The third-order valence-electron chi connectivity index (χ3n) is 4.12. The van der Waals surface area contributed by atoms with Gasteiger partial charge in [-0.05, 0) is 61.4 Å². The van der Waals surface area contributed by atoms with Crippen LogP contribution in [0.3, 0.4) is 0 Å². The van der Waals surface area contributed by atoms with Gasteiger partial charge in [-0.2, -0.15) is 4.31 Å². The van der Waals surface area contributed by atoms with Crippen LogP contribution < -0.4 is 4.72 Å². The lowest BCUT2D eigenvalue weighted by molar-refractivity contribution is 0.406. The van der Waals surface area contributed by atoms with E-state index in [9.17, 15) is 25.6 Å². The van der Waals surface area contributed by atoms with E-state index in [-0.39, 0.29) is 28.9 Å². The highest BCUT2D eigenvalue weighted by Gasteiger charge is 2.37. The summed E-state index contributed by atoms with van der Waals surface area (Å²) in [5.74, 6) is -1.10. The van der Waals surface area contributed by atoms with Crippen LogP contribution in [0.5, 0.6) is 0 Å². The summed E-state index contributed by atoms with van der Waals surface area (Å²) in [6, 6.07) is 8.62. The number of hydrogen-bond donors (Lipinski definition) is 1. The van der Waals surface area contributed by atoms with E-state index >= 15 is 0 Å². The first-order valence-electron chi connectivity index (χ1n) is 8.23. The van der Waals surface area contributed by atoms with E-state index in [4.69, 9.17) is 0 Å². The molecule has 2 aromatic carbocycles. The second kappa shape index (κ2) is 7.63. The molecule has 0 unspecified atom stereocenters. The Morgan fingerprint density at radius 2 is 1.33 bits per heavy atom. The SMILES string of the molecule is O=S(=O)(NCCN(C1CC1)S(=O)(=O)c1ccc(F)cc1)c1ccc(F)cc1. The molecule has 0 aliphatic heterocycles. The van der Waals surface area contributed by atoms with Crippen molar-refractivity contribution in [1.82, 2.24) is 9.03 Å². The van der Waals surface area contributed by atoms with Crippen LogP contribution in [0.1, 0.15) is 12.8 Å². The molecule has 0 spiro atoms. The summed E-state index contributed by atoms with van der Waals surface area (Å²) in [5.41, 5.74) is 0. The van der Waals surface area contributed by atoms with Gasteiger partial charge in [-0.15, -0.1) is 0 Å². The van der Waals surface area contributed by atoms with Gasteiger partial charge in [0.1, 0.15) is 11.6 Å². The van der Waals surface area contributed by atoms with E-state index in [0.717, 1.165) is 36.4 Å². The van der Waals surface area contributed by atoms with Gasteiger partial charge in [-0.25, -0.2) is 30.3 Å². The summed E-state index contributed by atoms with van der Waals surface area (Å²) in [4.78, 5) is -0.152. The van der Waals surface area contributed by atoms with Crippen LogP contribution in [-0.4, -0.2) is 40.3 Å². The van der Waals surface area contributed by atoms with Crippen LogP contribution in [0.4, 0.5) is 8.78 Å². The normalized spacial score (nSPS) is 15.2. The van der Waals surface area contributed by atoms with Crippen molar-refractivity contribution >= 4 is 20.0 Å². The largest absolute Gasteiger partial charge is 0.243 e. The standard InChI is InChI=1S/C17H18F2N2O4S2/c18-13-1-7-16(8-2-13)26(22,23)20-11-12-21(15-5-6-15)27(24,25)17-9-3-14(19)4-10-17/h1-4,7-10,15,20H,5-6,11-12H2. The number of hydrogen-bond acceptors (Lipinski definition) is 4. The van der Waals surface area contributed by atoms with Crippen LogP contribution in [-0.2, 0) is 20.0 Å². The van der Waals surface area contributed by atoms with E-state index < -0.39 is 31.7 Å². The summed E-state index contributed by atoms with van der Waals surface area (Å²) in [7, 11) is -7.74. The quantitative estimate of drug-likeness (QED) is 0.714. The zero-order valence-electron chi connectivity index (χ0n) is 14.2. The molecule has 27 heavy (non-hydrogen) atoms. The fourth-order valence-electron chi connectivity index (χ4n) is 2.59. The summed E-state index contributed by atoms with van der Waals surface area (Å²) in [5, 5.41) is 0. The molecule has 10 heteroatoms. The molecule has 0 amide bonds. The predicted octanol–water partition coefficient (Wildman–Crippen LogP) is 2.10. The molecule has 1 aliphatic carbocycles. The Morgan fingerprint density at radius 3 is 1.81 bits per heavy atom. The number of sulfonamides is 2. The van der Waals surface area contributed by atoms with Crippen molar-refractivity contribution in [2.75, 3.05) is 13.1 Å². The average Bonchev–Trinajstić information content (AvgIpc) is 3.44. The summed E-state index contributed by atoms with van der Waals surface area (Å²) in [6.45, 7) is -0.207. The number of benzene rings is 2. The van der Waals surface area contributed by atoms with Gasteiger partial charge in [0.05, 0.1) is 9.79 Å². The third-order valence-corrected chi connectivity index (χ3v) is 7.57. The average molecular weight is 416 g/mol. The zero-order chi connectivity index (χ0) is 19.7. The van der Waals surface area contributed by atoms with Gasteiger partial charge < -0.3 is 0 Å². The molecule has 0 bridgehead atoms. The fraction of sp³-hybridized carbons (Fsp3) is 0.294. The highest BCUT2D eigenvalue weighted by molar-refractivity contribution is 7.89. The van der Waals surface area contributed by atoms with E-state index in [1.54, 1.807) is 0 Å². The predicted molar refractivity (Wildman–Crippen MR) is 94.9 cm³/mol. The van der Waals surface area contributed by atoms with Gasteiger partial charge in [-0.3, -0.25) is 0 Å². The Kier molecular flexibility index (Phi) is 5.61. The number of rotatable bonds is 8. The van der Waals surface area contributed by atoms with Gasteiger partial charge in [0, 0.05) is 19.1 Å². The van der Waals surface area contributed by atoms with Gasteiger partial charge in [-0.1, -0.05) is 0 Å². The topological polar surface area (TPSA) is 83.6 Å². The maximum atomic E-state index is 13.1. The minimum absolute atomic E-state index is 0.0443. The molecule has 1 aliphatic rings. The Morgan fingerprint density at radius 1 is 0.852 bits per heavy atom. The lowest BCUT2D eigenvalue weighted by atomic mass is 10.4. The molecular weight excluding hydrogens is 398 g/mol. The first kappa shape index (κ1) is 19.9. The van der Waals surface area contributed by atoms with Crippen molar-refractivity contribution in [2.24, 2.45) is 0 Å². The first-order chi connectivity index (χ1) is 12.7. The molecule has 2 aromatic rings. The molecule has 0 saturated heterocycles. The Balaban J connectivity index is 1.70. The van der Waals surface area contributed by atoms with E-state index in [1.165, 1.54) is 16.4 Å². The van der Waals surface area contributed by atoms with Crippen molar-refractivity contribution in [3.63, 3.8) is 0 Å². The Hall–Kier alpha value is -1.88. The molecular formula is C17H18F2N2O4S2. The van der Waals surface area contributed by atoms with Crippen LogP contribution in [0.25, 0.3) is 0 Å².